The number of likely N-dealkylation sites (tertiary alicyclic amines) is 1. The molecule has 1 aliphatic heterocycles. The van der Waals surface area contributed by atoms with Crippen molar-refractivity contribution in [2.24, 2.45) is 5.92 Å². The fourth-order valence-corrected chi connectivity index (χ4v) is 5.18. The van der Waals surface area contributed by atoms with Gasteiger partial charge in [-0.05, 0) is 25.0 Å². The summed E-state index contributed by atoms with van der Waals surface area (Å²) in [6.45, 7) is 1.11. The van der Waals surface area contributed by atoms with E-state index in [0.717, 1.165) is 4.70 Å². The normalized spacial score (nSPS) is 15.0. The lowest BCUT2D eigenvalue weighted by Crippen LogP contribution is -2.41. The van der Waals surface area contributed by atoms with Crippen molar-refractivity contribution in [3.8, 4) is 0 Å². The molecule has 0 radical (unpaired) electrons. The molecule has 1 aliphatic rings. The summed E-state index contributed by atoms with van der Waals surface area (Å²) in [6, 6.07) is 4.84. The first kappa shape index (κ1) is 19.9. The van der Waals surface area contributed by atoms with Crippen LogP contribution in [0.15, 0.2) is 23.7 Å². The van der Waals surface area contributed by atoms with Crippen LogP contribution < -0.4 is 5.32 Å². The summed E-state index contributed by atoms with van der Waals surface area (Å²) in [5, 5.41) is 11.2. The first-order chi connectivity index (χ1) is 14.1. The van der Waals surface area contributed by atoms with E-state index >= 15 is 0 Å². The van der Waals surface area contributed by atoms with Crippen molar-refractivity contribution in [3.05, 3.63) is 40.0 Å². The predicted molar refractivity (Wildman–Crippen MR) is 110 cm³/mol. The van der Waals surface area contributed by atoms with Gasteiger partial charge in [0.05, 0.1) is 11.5 Å². The first-order valence-electron chi connectivity index (χ1n) is 9.13. The molecule has 2 amide bonds. The van der Waals surface area contributed by atoms with Crippen molar-refractivity contribution in [2.75, 3.05) is 25.5 Å². The molecule has 1 fully saturated rings. The summed E-state index contributed by atoms with van der Waals surface area (Å²) in [4.78, 5) is 27.8. The fraction of sp³-hybridized carbons (Fsp3) is 0.368. The number of methoxy groups -OCH3 is 1. The monoisotopic (exact) mass is 434 g/mol. The van der Waals surface area contributed by atoms with E-state index in [4.69, 9.17) is 4.74 Å². The molecule has 0 spiro atoms. The van der Waals surface area contributed by atoms with Crippen LogP contribution in [0.2, 0.25) is 0 Å². The van der Waals surface area contributed by atoms with Gasteiger partial charge < -0.3 is 15.0 Å². The SMILES string of the molecule is COCc1c(C(=O)N2CCC(C(=O)Nc3nncs3)CC2)sc2cccc(F)c12. The number of fused-ring (bicyclic) bond motifs is 1. The second-order valence-electron chi connectivity index (χ2n) is 6.76. The lowest BCUT2D eigenvalue weighted by atomic mass is 9.95. The number of carbonyl (C=O) groups is 2. The standard InChI is InChI=1S/C19H19FN4O3S2/c1-27-9-12-15-13(20)3-2-4-14(15)29-16(12)18(26)24-7-5-11(6-8-24)17(25)22-19-23-21-10-28-19/h2-4,10-11H,5-9H2,1H3,(H,22,23,25). The minimum Gasteiger partial charge on any atom is -0.380 e. The summed E-state index contributed by atoms with van der Waals surface area (Å²) in [5.41, 5.74) is 2.15. The van der Waals surface area contributed by atoms with Crippen LogP contribution in [-0.2, 0) is 16.1 Å². The van der Waals surface area contributed by atoms with Crippen molar-refractivity contribution in [1.82, 2.24) is 15.1 Å². The highest BCUT2D eigenvalue weighted by molar-refractivity contribution is 7.21. The molecule has 3 aromatic rings. The van der Waals surface area contributed by atoms with Gasteiger partial charge in [0, 0.05) is 41.8 Å². The molecule has 1 saturated heterocycles. The van der Waals surface area contributed by atoms with Crippen LogP contribution in [-0.4, -0.2) is 47.1 Å². The zero-order valence-corrected chi connectivity index (χ0v) is 17.3. The Morgan fingerprint density at radius 1 is 1.34 bits per heavy atom. The Hall–Kier alpha value is -2.43. The fourth-order valence-electron chi connectivity index (χ4n) is 3.55. The lowest BCUT2D eigenvalue weighted by Gasteiger charge is -2.31. The third kappa shape index (κ3) is 4.00. The molecule has 3 heterocycles. The number of ether oxygens (including phenoxy) is 1. The number of halogens is 1. The predicted octanol–water partition coefficient (Wildman–Crippen LogP) is 3.53. The molecule has 0 unspecified atom stereocenters. The second kappa shape index (κ2) is 8.52. The van der Waals surface area contributed by atoms with Crippen LogP contribution in [0.4, 0.5) is 9.52 Å². The number of carbonyl (C=O) groups excluding carboxylic acids is 2. The minimum atomic E-state index is -0.350. The van der Waals surface area contributed by atoms with Gasteiger partial charge in [-0.15, -0.1) is 21.5 Å². The largest absolute Gasteiger partial charge is 0.380 e. The average Bonchev–Trinajstić information content (AvgIpc) is 3.36. The molecule has 7 nitrogen and oxygen atoms in total. The zero-order chi connectivity index (χ0) is 20.4. The maximum Gasteiger partial charge on any atom is 0.264 e. The van der Waals surface area contributed by atoms with E-state index in [1.807, 2.05) is 6.07 Å². The maximum absolute atomic E-state index is 14.4. The van der Waals surface area contributed by atoms with E-state index in [9.17, 15) is 14.0 Å². The Morgan fingerprint density at radius 2 is 2.14 bits per heavy atom. The van der Waals surface area contributed by atoms with Gasteiger partial charge in [-0.1, -0.05) is 17.4 Å². The molecule has 4 rings (SSSR count). The van der Waals surface area contributed by atoms with Crippen molar-refractivity contribution in [1.29, 1.82) is 0 Å². The van der Waals surface area contributed by atoms with Crippen LogP contribution in [0, 0.1) is 11.7 Å². The second-order valence-corrected chi connectivity index (χ2v) is 8.64. The summed E-state index contributed by atoms with van der Waals surface area (Å²) in [7, 11) is 1.53. The zero-order valence-electron chi connectivity index (χ0n) is 15.7. The van der Waals surface area contributed by atoms with Crippen LogP contribution in [0.25, 0.3) is 10.1 Å². The van der Waals surface area contributed by atoms with E-state index in [2.05, 4.69) is 15.5 Å². The Kier molecular flexibility index (Phi) is 5.84. The van der Waals surface area contributed by atoms with E-state index < -0.39 is 0 Å². The number of amides is 2. The molecule has 0 bridgehead atoms. The van der Waals surface area contributed by atoms with Gasteiger partial charge in [-0.2, -0.15) is 0 Å². The Balaban J connectivity index is 1.48. The molecule has 0 saturated carbocycles. The lowest BCUT2D eigenvalue weighted by molar-refractivity contribution is -0.121. The Morgan fingerprint density at radius 3 is 2.83 bits per heavy atom. The number of nitrogens with one attached hydrogen (secondary N) is 1. The number of thiophene rings is 1. The van der Waals surface area contributed by atoms with Gasteiger partial charge in [0.1, 0.15) is 11.3 Å². The van der Waals surface area contributed by atoms with Crippen molar-refractivity contribution in [3.63, 3.8) is 0 Å². The third-order valence-electron chi connectivity index (χ3n) is 4.99. The summed E-state index contributed by atoms with van der Waals surface area (Å²) >= 11 is 2.55. The van der Waals surface area contributed by atoms with Crippen LogP contribution in [0.1, 0.15) is 28.1 Å². The highest BCUT2D eigenvalue weighted by Crippen LogP contribution is 2.35. The number of aromatic nitrogens is 2. The molecule has 2 aromatic heterocycles. The van der Waals surface area contributed by atoms with Crippen LogP contribution in [0.3, 0.4) is 0 Å². The molecule has 0 aliphatic carbocycles. The number of benzene rings is 1. The third-order valence-corrected chi connectivity index (χ3v) is 6.78. The molecule has 29 heavy (non-hydrogen) atoms. The smallest absolute Gasteiger partial charge is 0.264 e. The number of anilines is 1. The van der Waals surface area contributed by atoms with Gasteiger partial charge in [-0.3, -0.25) is 9.59 Å². The van der Waals surface area contributed by atoms with Gasteiger partial charge >= 0.3 is 0 Å². The van der Waals surface area contributed by atoms with E-state index in [0.29, 0.717) is 46.9 Å². The quantitative estimate of drug-likeness (QED) is 0.664. The number of piperidine rings is 1. The van der Waals surface area contributed by atoms with Gasteiger partial charge in [0.25, 0.3) is 5.91 Å². The summed E-state index contributed by atoms with van der Waals surface area (Å²) in [6.07, 6.45) is 1.13. The maximum atomic E-state index is 14.4. The number of hydrogen-bond donors (Lipinski definition) is 1. The molecule has 152 valence electrons. The Labute approximate surface area is 174 Å². The topological polar surface area (TPSA) is 84.4 Å². The highest BCUT2D eigenvalue weighted by Gasteiger charge is 2.30. The van der Waals surface area contributed by atoms with Crippen molar-refractivity contribution < 1.29 is 18.7 Å². The number of hydrogen-bond acceptors (Lipinski definition) is 7. The average molecular weight is 435 g/mol. The first-order valence-corrected chi connectivity index (χ1v) is 10.8. The van der Waals surface area contributed by atoms with E-state index in [1.165, 1.54) is 35.8 Å². The van der Waals surface area contributed by atoms with Gasteiger partial charge in [0.15, 0.2) is 0 Å². The molecule has 1 aromatic carbocycles. The number of rotatable bonds is 5. The molecule has 1 N–H and O–H groups in total. The van der Waals surface area contributed by atoms with Gasteiger partial charge in [-0.25, -0.2) is 4.39 Å². The Bertz CT molecular complexity index is 1030. The van der Waals surface area contributed by atoms with Gasteiger partial charge in [0.2, 0.25) is 11.0 Å². The van der Waals surface area contributed by atoms with E-state index in [1.54, 1.807) is 16.5 Å². The molecule has 0 atom stereocenters. The molecule has 10 heteroatoms. The minimum absolute atomic E-state index is 0.0992. The highest BCUT2D eigenvalue weighted by atomic mass is 32.1. The van der Waals surface area contributed by atoms with Crippen LogP contribution in [0.5, 0.6) is 0 Å². The van der Waals surface area contributed by atoms with E-state index in [-0.39, 0.29) is 30.2 Å². The van der Waals surface area contributed by atoms with Crippen molar-refractivity contribution in [2.45, 2.75) is 19.4 Å². The van der Waals surface area contributed by atoms with Crippen LogP contribution >= 0.6 is 22.7 Å². The molecular weight excluding hydrogens is 415 g/mol. The van der Waals surface area contributed by atoms with Crippen molar-refractivity contribution >= 4 is 49.7 Å². The summed E-state index contributed by atoms with van der Waals surface area (Å²) < 4.78 is 20.3. The summed E-state index contributed by atoms with van der Waals surface area (Å²) in [5.74, 6) is -0.767. The number of nitrogens with zero attached hydrogens (tertiary/aromatic N) is 3. The molecular formula is C19H19FN4O3S2.